The minimum atomic E-state index is -5.06. The van der Waals surface area contributed by atoms with Gasteiger partial charge in [-0.1, -0.05) is 5.16 Å². The molecule has 3 amide bonds. The van der Waals surface area contributed by atoms with Gasteiger partial charge in [-0.15, -0.1) is 11.3 Å². The molecule has 0 saturated carbocycles. The first-order valence-electron chi connectivity index (χ1n) is 10.0. The number of carbonyl (C=O) groups excluding carboxylic acids is 3. The molecule has 1 aromatic heterocycles. The molecule has 36 heavy (non-hydrogen) atoms. The van der Waals surface area contributed by atoms with Crippen LogP contribution in [0.1, 0.15) is 19.5 Å². The molecule has 0 aromatic carbocycles. The minimum Gasteiger partial charge on any atom is -0.478 e. The number of cyclic esters (lactones) is 1. The highest BCUT2D eigenvalue weighted by Crippen LogP contribution is 2.26. The number of oxime groups is 1. The molecule has 3 rings (SSSR count). The van der Waals surface area contributed by atoms with Crippen molar-refractivity contribution in [2.45, 2.75) is 37.6 Å². The Labute approximate surface area is 207 Å². The predicted octanol–water partition coefficient (Wildman–Crippen LogP) is -2.38. The third-order valence-corrected chi connectivity index (χ3v) is 6.75. The number of anilines is 1. The second-order valence-corrected chi connectivity index (χ2v) is 10.3. The van der Waals surface area contributed by atoms with Crippen LogP contribution in [-0.2, 0) is 34.3 Å². The summed E-state index contributed by atoms with van der Waals surface area (Å²) in [7, 11) is -5.06. The highest BCUT2D eigenvalue weighted by molar-refractivity contribution is 7.84. The molecule has 1 aromatic rings. The van der Waals surface area contributed by atoms with Crippen LogP contribution < -0.4 is 11.1 Å². The van der Waals surface area contributed by atoms with E-state index in [-0.39, 0.29) is 21.7 Å². The van der Waals surface area contributed by atoms with Crippen molar-refractivity contribution in [2.24, 2.45) is 5.16 Å². The predicted molar refractivity (Wildman–Crippen MR) is 119 cm³/mol. The van der Waals surface area contributed by atoms with Gasteiger partial charge in [-0.2, -0.15) is 8.42 Å². The molecular weight excluding hydrogens is 528 g/mol. The van der Waals surface area contributed by atoms with E-state index in [1.54, 1.807) is 0 Å². The molecule has 1 unspecified atom stereocenters. The summed E-state index contributed by atoms with van der Waals surface area (Å²) in [6.07, 6.45) is -1.79. The van der Waals surface area contributed by atoms with Crippen LogP contribution in [0.25, 0.3) is 0 Å². The van der Waals surface area contributed by atoms with Crippen molar-refractivity contribution in [3.8, 4) is 0 Å². The first kappa shape index (κ1) is 27.0. The lowest BCUT2D eigenvalue weighted by Crippen LogP contribution is -2.74. The Kier molecular flexibility index (Phi) is 7.39. The molecule has 3 atom stereocenters. The summed E-state index contributed by atoms with van der Waals surface area (Å²) < 4.78 is 37.9. The summed E-state index contributed by atoms with van der Waals surface area (Å²) in [6.45, 7) is 1.20. The standard InChI is InChI=1S/C17H22N6O11S2/c1-17(2,14(27)28)34-21-10(8-6-35-15(18)19-8)12(25)20-11-9(23(13(11)26)36(30,31)32)4-22-3-7(5-24)33-16(22)29/h6-7,9,11,24H,3-5H2,1-2H3,(H2,18,19)(H,20,25)(H,27,28)(H,30,31,32)/t7?,9-,11+/m1/s1. The molecular formula is C17H22N6O11S2. The number of carboxylic acid groups (broad SMARTS) is 1. The smallest absolute Gasteiger partial charge is 0.410 e. The van der Waals surface area contributed by atoms with E-state index in [1.807, 2.05) is 0 Å². The van der Waals surface area contributed by atoms with E-state index in [0.717, 1.165) is 30.1 Å². The second-order valence-electron chi connectivity index (χ2n) is 8.14. The van der Waals surface area contributed by atoms with Crippen molar-refractivity contribution in [2.75, 3.05) is 25.4 Å². The van der Waals surface area contributed by atoms with E-state index >= 15 is 0 Å². The van der Waals surface area contributed by atoms with Crippen molar-refractivity contribution in [1.82, 2.24) is 19.5 Å². The zero-order valence-electron chi connectivity index (χ0n) is 18.7. The van der Waals surface area contributed by atoms with Gasteiger partial charge in [0, 0.05) is 11.9 Å². The normalized spacial score (nSPS) is 22.8. The fourth-order valence-corrected chi connectivity index (χ4v) is 4.61. The van der Waals surface area contributed by atoms with Gasteiger partial charge in [0.2, 0.25) is 5.60 Å². The summed E-state index contributed by atoms with van der Waals surface area (Å²) in [4.78, 5) is 58.7. The average molecular weight is 551 g/mol. The van der Waals surface area contributed by atoms with Gasteiger partial charge in [-0.05, 0) is 13.8 Å². The Morgan fingerprint density at radius 1 is 1.42 bits per heavy atom. The molecule has 2 aliphatic rings. The Bertz CT molecular complexity index is 1210. The molecule has 19 heteroatoms. The maximum atomic E-state index is 13.0. The molecule has 0 radical (unpaired) electrons. The largest absolute Gasteiger partial charge is 0.478 e. The molecule has 198 valence electrons. The highest BCUT2D eigenvalue weighted by atomic mass is 32.2. The van der Waals surface area contributed by atoms with Crippen LogP contribution in [0.3, 0.4) is 0 Å². The van der Waals surface area contributed by atoms with E-state index in [1.165, 1.54) is 5.38 Å². The summed E-state index contributed by atoms with van der Waals surface area (Å²) in [5.41, 5.74) is 3.03. The number of amides is 3. The van der Waals surface area contributed by atoms with Crippen LogP contribution in [0.15, 0.2) is 10.5 Å². The van der Waals surface area contributed by atoms with E-state index in [0.29, 0.717) is 0 Å². The number of thiazole rings is 1. The lowest BCUT2D eigenvalue weighted by atomic mass is 9.97. The van der Waals surface area contributed by atoms with Crippen LogP contribution in [0.5, 0.6) is 0 Å². The van der Waals surface area contributed by atoms with E-state index in [2.05, 4.69) is 15.5 Å². The quantitative estimate of drug-likeness (QED) is 0.0884. The number of rotatable bonds is 10. The number of aliphatic hydroxyl groups excluding tert-OH is 1. The fraction of sp³-hybridized carbons (Fsp3) is 0.529. The maximum Gasteiger partial charge on any atom is 0.410 e. The van der Waals surface area contributed by atoms with Gasteiger partial charge in [0.15, 0.2) is 10.8 Å². The number of nitrogens with one attached hydrogen (secondary N) is 1. The van der Waals surface area contributed by atoms with Crippen LogP contribution in [0, 0.1) is 0 Å². The Morgan fingerprint density at radius 3 is 2.58 bits per heavy atom. The molecule has 2 aliphatic heterocycles. The third-order valence-electron chi connectivity index (χ3n) is 5.13. The topological polar surface area (TPSA) is 251 Å². The molecule has 17 nitrogen and oxygen atoms in total. The molecule has 0 spiro atoms. The number of ether oxygens (including phenoxy) is 1. The number of aliphatic hydroxyl groups is 1. The van der Waals surface area contributed by atoms with Crippen LogP contribution in [-0.4, -0.2) is 110 Å². The number of carboxylic acids is 1. The van der Waals surface area contributed by atoms with Crippen molar-refractivity contribution >= 4 is 56.4 Å². The van der Waals surface area contributed by atoms with Crippen molar-refractivity contribution in [3.63, 3.8) is 0 Å². The van der Waals surface area contributed by atoms with Crippen LogP contribution in [0.2, 0.25) is 0 Å². The zero-order chi connectivity index (χ0) is 27.0. The molecule has 0 aliphatic carbocycles. The van der Waals surface area contributed by atoms with Gasteiger partial charge in [-0.25, -0.2) is 18.9 Å². The zero-order valence-corrected chi connectivity index (χ0v) is 20.4. The number of hydrogen-bond acceptors (Lipinski definition) is 13. The number of aromatic nitrogens is 1. The van der Waals surface area contributed by atoms with Gasteiger partial charge < -0.3 is 35.7 Å². The van der Waals surface area contributed by atoms with Gasteiger partial charge in [-0.3, -0.25) is 14.1 Å². The molecule has 3 heterocycles. The Balaban J connectivity index is 1.86. The maximum absolute atomic E-state index is 13.0. The second kappa shape index (κ2) is 9.84. The van der Waals surface area contributed by atoms with Gasteiger partial charge in [0.1, 0.15) is 17.8 Å². The highest BCUT2D eigenvalue weighted by Gasteiger charge is 2.55. The number of aliphatic carboxylic acids is 1. The number of carbonyl (C=O) groups is 4. The number of hydrogen-bond donors (Lipinski definition) is 5. The number of β-lactam (4-membered cyclic amide) rings is 1. The SMILES string of the molecule is CC(C)(ON=C(C(=O)N[C@@H]1C(=O)N(S(=O)(=O)O)[C@@H]1CN1CC(CO)OC1=O)c1csc(N)n1)C(=O)O. The lowest BCUT2D eigenvalue weighted by Gasteiger charge is -2.45. The minimum absolute atomic E-state index is 0.0316. The lowest BCUT2D eigenvalue weighted by molar-refractivity contribution is -0.161. The van der Waals surface area contributed by atoms with Crippen molar-refractivity contribution in [3.05, 3.63) is 11.1 Å². The summed E-state index contributed by atoms with van der Waals surface area (Å²) in [6, 6.07) is -3.01. The van der Waals surface area contributed by atoms with E-state index in [4.69, 9.17) is 15.3 Å². The van der Waals surface area contributed by atoms with Gasteiger partial charge >= 0.3 is 22.4 Å². The summed E-state index contributed by atoms with van der Waals surface area (Å²) in [5, 5.41) is 25.5. The number of nitrogens with two attached hydrogens (primary N) is 1. The van der Waals surface area contributed by atoms with E-state index in [9.17, 15) is 42.4 Å². The van der Waals surface area contributed by atoms with Crippen LogP contribution >= 0.6 is 11.3 Å². The Hall–Kier alpha value is -3.55. The molecule has 2 fully saturated rings. The van der Waals surface area contributed by atoms with E-state index < -0.39 is 76.8 Å². The van der Waals surface area contributed by atoms with Crippen molar-refractivity contribution < 1.29 is 51.9 Å². The molecule has 6 N–H and O–H groups in total. The summed E-state index contributed by atoms with van der Waals surface area (Å²) in [5.74, 6) is -3.73. The monoisotopic (exact) mass is 550 g/mol. The summed E-state index contributed by atoms with van der Waals surface area (Å²) >= 11 is 0.925. The third kappa shape index (κ3) is 5.48. The first-order chi connectivity index (χ1) is 16.7. The number of nitrogens with zero attached hydrogens (tertiary/aromatic N) is 4. The first-order valence-corrected chi connectivity index (χ1v) is 12.3. The van der Waals surface area contributed by atoms with Gasteiger partial charge in [0.25, 0.3) is 11.8 Å². The Morgan fingerprint density at radius 2 is 2.08 bits per heavy atom. The fourth-order valence-electron chi connectivity index (χ4n) is 3.19. The number of nitrogen functional groups attached to an aromatic ring is 1. The molecule has 2 saturated heterocycles. The molecule has 0 bridgehead atoms. The van der Waals surface area contributed by atoms with Crippen molar-refractivity contribution in [1.29, 1.82) is 0 Å². The van der Waals surface area contributed by atoms with Gasteiger partial charge in [0.05, 0.1) is 19.2 Å². The van der Waals surface area contributed by atoms with Crippen LogP contribution in [0.4, 0.5) is 9.93 Å². The average Bonchev–Trinajstić information content (AvgIpc) is 3.35.